The number of hydrogen-bond donors (Lipinski definition) is 1. The molecule has 4 heteroatoms. The van der Waals surface area contributed by atoms with Crippen LogP contribution in [0.15, 0.2) is 23.7 Å². The second-order valence-corrected chi connectivity index (χ2v) is 5.23. The molecule has 92 valence electrons. The lowest BCUT2D eigenvalue weighted by Crippen LogP contribution is -2.08. The van der Waals surface area contributed by atoms with Crippen LogP contribution in [-0.2, 0) is 6.54 Å². The average molecular weight is 249 g/mol. The number of nitrogens with zero attached hydrogens (tertiary/aromatic N) is 2. The Labute approximate surface area is 107 Å². The van der Waals surface area contributed by atoms with E-state index in [1.165, 1.54) is 17.7 Å². The molecule has 0 spiro atoms. The minimum Gasteiger partial charge on any atom is -0.356 e. The summed E-state index contributed by atoms with van der Waals surface area (Å²) in [5, 5.41) is 5.52. The van der Waals surface area contributed by atoms with Crippen LogP contribution >= 0.6 is 11.3 Å². The van der Waals surface area contributed by atoms with E-state index in [2.05, 4.69) is 45.5 Å². The molecule has 0 aliphatic carbocycles. The second kappa shape index (κ2) is 5.87. The SMILES string of the molecule is CCCCNc1nc(C)cn1Cc1cccs1. The van der Waals surface area contributed by atoms with Crippen molar-refractivity contribution in [1.29, 1.82) is 0 Å². The minimum atomic E-state index is 0.910. The maximum absolute atomic E-state index is 4.52. The van der Waals surface area contributed by atoms with E-state index >= 15 is 0 Å². The van der Waals surface area contributed by atoms with E-state index in [0.717, 1.165) is 24.7 Å². The van der Waals surface area contributed by atoms with E-state index in [0.29, 0.717) is 0 Å². The van der Waals surface area contributed by atoms with E-state index < -0.39 is 0 Å². The first-order valence-electron chi connectivity index (χ1n) is 6.09. The first-order valence-corrected chi connectivity index (χ1v) is 6.97. The van der Waals surface area contributed by atoms with Gasteiger partial charge in [-0.25, -0.2) is 4.98 Å². The highest BCUT2D eigenvalue weighted by atomic mass is 32.1. The lowest BCUT2D eigenvalue weighted by atomic mass is 10.3. The molecule has 2 aromatic heterocycles. The standard InChI is InChI=1S/C13H19N3S/c1-3-4-7-14-13-15-11(2)9-16(13)10-12-6-5-8-17-12/h5-6,8-9H,3-4,7,10H2,1-2H3,(H,14,15). The Bertz CT molecular complexity index is 445. The van der Waals surface area contributed by atoms with Gasteiger partial charge in [0.15, 0.2) is 0 Å². The van der Waals surface area contributed by atoms with Crippen LogP contribution < -0.4 is 5.32 Å². The molecule has 17 heavy (non-hydrogen) atoms. The topological polar surface area (TPSA) is 29.9 Å². The Kier molecular flexibility index (Phi) is 4.20. The van der Waals surface area contributed by atoms with Gasteiger partial charge in [0.1, 0.15) is 0 Å². The van der Waals surface area contributed by atoms with Gasteiger partial charge < -0.3 is 9.88 Å². The van der Waals surface area contributed by atoms with Gasteiger partial charge in [-0.15, -0.1) is 11.3 Å². The van der Waals surface area contributed by atoms with Crippen LogP contribution in [0, 0.1) is 6.92 Å². The Balaban J connectivity index is 2.05. The largest absolute Gasteiger partial charge is 0.356 e. The number of thiophene rings is 1. The third kappa shape index (κ3) is 3.33. The van der Waals surface area contributed by atoms with E-state index in [1.807, 2.05) is 6.92 Å². The van der Waals surface area contributed by atoms with Crippen LogP contribution in [0.1, 0.15) is 30.3 Å². The van der Waals surface area contributed by atoms with Crippen LogP contribution in [0.25, 0.3) is 0 Å². The number of aromatic nitrogens is 2. The quantitative estimate of drug-likeness (QED) is 0.794. The molecule has 0 bridgehead atoms. The molecule has 0 fully saturated rings. The lowest BCUT2D eigenvalue weighted by Gasteiger charge is -2.08. The monoisotopic (exact) mass is 249 g/mol. The molecule has 0 radical (unpaired) electrons. The highest BCUT2D eigenvalue weighted by molar-refractivity contribution is 7.09. The van der Waals surface area contributed by atoms with Gasteiger partial charge in [0, 0.05) is 17.6 Å². The predicted octanol–water partition coefficient (Wildman–Crippen LogP) is 3.51. The van der Waals surface area contributed by atoms with Gasteiger partial charge in [-0.1, -0.05) is 19.4 Å². The van der Waals surface area contributed by atoms with Crippen molar-refractivity contribution >= 4 is 17.3 Å². The van der Waals surface area contributed by atoms with Gasteiger partial charge in [-0.05, 0) is 24.8 Å². The Morgan fingerprint density at radius 2 is 2.35 bits per heavy atom. The molecule has 1 N–H and O–H groups in total. The summed E-state index contributed by atoms with van der Waals surface area (Å²) in [7, 11) is 0. The molecular formula is C13H19N3S. The fraction of sp³-hybridized carbons (Fsp3) is 0.462. The van der Waals surface area contributed by atoms with Crippen molar-refractivity contribution in [3.63, 3.8) is 0 Å². The number of unbranched alkanes of at least 4 members (excludes halogenated alkanes) is 1. The van der Waals surface area contributed by atoms with Crippen LogP contribution in [0.4, 0.5) is 5.95 Å². The molecule has 0 unspecified atom stereocenters. The van der Waals surface area contributed by atoms with Crippen molar-refractivity contribution in [2.45, 2.75) is 33.2 Å². The van der Waals surface area contributed by atoms with E-state index in [-0.39, 0.29) is 0 Å². The van der Waals surface area contributed by atoms with Gasteiger partial charge >= 0.3 is 0 Å². The maximum Gasteiger partial charge on any atom is 0.203 e. The van der Waals surface area contributed by atoms with Gasteiger partial charge in [-0.3, -0.25) is 0 Å². The molecule has 2 aromatic rings. The molecule has 0 aliphatic rings. The maximum atomic E-state index is 4.52. The third-order valence-electron chi connectivity index (χ3n) is 2.62. The molecule has 0 aliphatic heterocycles. The van der Waals surface area contributed by atoms with Crippen molar-refractivity contribution in [1.82, 2.24) is 9.55 Å². The van der Waals surface area contributed by atoms with Crippen molar-refractivity contribution in [2.75, 3.05) is 11.9 Å². The molecule has 2 heterocycles. The summed E-state index contributed by atoms with van der Waals surface area (Å²) in [6, 6.07) is 4.25. The van der Waals surface area contributed by atoms with Crippen molar-refractivity contribution < 1.29 is 0 Å². The fourth-order valence-corrected chi connectivity index (χ4v) is 2.46. The number of hydrogen-bond acceptors (Lipinski definition) is 3. The molecule has 2 rings (SSSR count). The van der Waals surface area contributed by atoms with E-state index in [4.69, 9.17) is 0 Å². The van der Waals surface area contributed by atoms with Crippen LogP contribution in [-0.4, -0.2) is 16.1 Å². The second-order valence-electron chi connectivity index (χ2n) is 4.19. The van der Waals surface area contributed by atoms with Gasteiger partial charge in [0.2, 0.25) is 5.95 Å². The number of rotatable bonds is 6. The van der Waals surface area contributed by atoms with E-state index in [9.17, 15) is 0 Å². The number of anilines is 1. The zero-order valence-electron chi connectivity index (χ0n) is 10.4. The van der Waals surface area contributed by atoms with Crippen molar-refractivity contribution in [2.24, 2.45) is 0 Å². The summed E-state index contributed by atoms with van der Waals surface area (Å²) in [6.07, 6.45) is 4.50. The fourth-order valence-electron chi connectivity index (χ4n) is 1.76. The summed E-state index contributed by atoms with van der Waals surface area (Å²) in [5.74, 6) is 0.990. The Morgan fingerprint density at radius 3 is 3.06 bits per heavy atom. The first-order chi connectivity index (χ1) is 8.29. The smallest absolute Gasteiger partial charge is 0.203 e. The molecule has 0 aromatic carbocycles. The highest BCUT2D eigenvalue weighted by Gasteiger charge is 2.05. The molecule has 0 amide bonds. The Hall–Kier alpha value is -1.29. The number of imidazole rings is 1. The number of nitrogens with one attached hydrogen (secondary N) is 1. The van der Waals surface area contributed by atoms with Gasteiger partial charge in [0.25, 0.3) is 0 Å². The van der Waals surface area contributed by atoms with Crippen LogP contribution in [0.3, 0.4) is 0 Å². The number of aryl methyl sites for hydroxylation is 1. The normalized spacial score (nSPS) is 10.7. The molecule has 3 nitrogen and oxygen atoms in total. The summed E-state index contributed by atoms with van der Waals surface area (Å²) in [4.78, 5) is 5.88. The summed E-state index contributed by atoms with van der Waals surface area (Å²) in [5.41, 5.74) is 1.07. The zero-order chi connectivity index (χ0) is 12.1. The lowest BCUT2D eigenvalue weighted by molar-refractivity contribution is 0.782. The van der Waals surface area contributed by atoms with Crippen molar-refractivity contribution in [3.8, 4) is 0 Å². The van der Waals surface area contributed by atoms with E-state index in [1.54, 1.807) is 11.3 Å². The zero-order valence-corrected chi connectivity index (χ0v) is 11.3. The Morgan fingerprint density at radius 1 is 1.47 bits per heavy atom. The summed E-state index contributed by atoms with van der Waals surface area (Å²) < 4.78 is 2.19. The molecule has 0 saturated carbocycles. The van der Waals surface area contributed by atoms with Crippen LogP contribution in [0.5, 0.6) is 0 Å². The molecule has 0 saturated heterocycles. The first kappa shape index (κ1) is 12.2. The predicted molar refractivity (Wildman–Crippen MR) is 73.8 cm³/mol. The summed E-state index contributed by atoms with van der Waals surface area (Å²) >= 11 is 1.79. The molecule has 0 atom stereocenters. The highest BCUT2D eigenvalue weighted by Crippen LogP contribution is 2.15. The average Bonchev–Trinajstić information content (AvgIpc) is 2.90. The summed E-state index contributed by atoms with van der Waals surface area (Å²) in [6.45, 7) is 6.14. The third-order valence-corrected chi connectivity index (χ3v) is 3.48. The molecular weight excluding hydrogens is 230 g/mol. The van der Waals surface area contributed by atoms with Gasteiger partial charge in [0.05, 0.1) is 12.2 Å². The van der Waals surface area contributed by atoms with Crippen LogP contribution in [0.2, 0.25) is 0 Å². The van der Waals surface area contributed by atoms with Gasteiger partial charge in [-0.2, -0.15) is 0 Å². The van der Waals surface area contributed by atoms with Crippen molar-refractivity contribution in [3.05, 3.63) is 34.3 Å². The minimum absolute atomic E-state index is 0.910.